The average molecular weight is 438 g/mol. The first-order valence-electron chi connectivity index (χ1n) is 10.7. The average Bonchev–Trinajstić information content (AvgIpc) is 2.71. The van der Waals surface area contributed by atoms with Gasteiger partial charge < -0.3 is 14.6 Å². The normalized spacial score (nSPS) is 12.2. The molecule has 0 aromatic heterocycles. The molecule has 0 saturated heterocycles. The molecule has 0 saturated carbocycles. The van der Waals surface area contributed by atoms with Gasteiger partial charge in [-0.05, 0) is 40.5 Å². The van der Waals surface area contributed by atoms with Gasteiger partial charge in [-0.15, -0.1) is 0 Å². The van der Waals surface area contributed by atoms with E-state index in [2.05, 4.69) is 45.5 Å². The van der Waals surface area contributed by atoms with Crippen LogP contribution in [0.4, 0.5) is 0 Å². The van der Waals surface area contributed by atoms with Crippen molar-refractivity contribution >= 4 is 17.6 Å². The molecule has 32 heavy (non-hydrogen) atoms. The van der Waals surface area contributed by atoms with Gasteiger partial charge in [-0.25, -0.2) is 0 Å². The quantitative estimate of drug-likeness (QED) is 0.555. The van der Waals surface area contributed by atoms with E-state index in [0.29, 0.717) is 11.4 Å². The molecule has 1 amide bonds. The number of hydrogen-bond acceptors (Lipinski definition) is 5. The molecule has 0 aliphatic rings. The second kappa shape index (κ2) is 10.8. The number of ether oxygens (including phenoxy) is 1. The van der Waals surface area contributed by atoms with Gasteiger partial charge in [0, 0.05) is 12.4 Å². The number of nitrogens with one attached hydrogen (secondary N) is 2. The van der Waals surface area contributed by atoms with Crippen LogP contribution < -0.4 is 20.7 Å². The number of carbonyl (C=O) groups excluding carboxylic acids is 2. The maximum absolute atomic E-state index is 12.2. The minimum Gasteiger partial charge on any atom is -0.550 e. The molecule has 172 valence electrons. The largest absolute Gasteiger partial charge is 0.550 e. The minimum absolute atomic E-state index is 0.0315. The zero-order valence-electron chi connectivity index (χ0n) is 19.5. The second-order valence-electron chi connectivity index (χ2n) is 9.67. The summed E-state index contributed by atoms with van der Waals surface area (Å²) in [5, 5.41) is 10.8. The molecule has 0 aliphatic carbocycles. The lowest BCUT2D eigenvalue weighted by Gasteiger charge is -2.33. The molecule has 0 spiro atoms. The van der Waals surface area contributed by atoms with Gasteiger partial charge in [-0.2, -0.15) is 0 Å². The summed E-state index contributed by atoms with van der Waals surface area (Å²) < 4.78 is 5.60. The summed E-state index contributed by atoms with van der Waals surface area (Å²) in [4.78, 5) is 23.0. The summed E-state index contributed by atoms with van der Waals surface area (Å²) in [6, 6.07) is 16.9. The van der Waals surface area contributed by atoms with Crippen LogP contribution in [0.2, 0.25) is 0 Å². The number of amides is 1. The fourth-order valence-corrected chi connectivity index (χ4v) is 3.80. The van der Waals surface area contributed by atoms with Crippen molar-refractivity contribution in [2.45, 2.75) is 52.9 Å². The number of hydrazine groups is 1. The van der Waals surface area contributed by atoms with Gasteiger partial charge in [0.15, 0.2) is 6.61 Å². The number of carbonyl (C=O) groups is 2. The van der Waals surface area contributed by atoms with Crippen LogP contribution >= 0.6 is 0 Å². The predicted octanol–water partition coefficient (Wildman–Crippen LogP) is 3.58. The van der Waals surface area contributed by atoms with Gasteiger partial charge >= 0.3 is 0 Å². The Kier molecular flexibility index (Phi) is 8.47. The van der Waals surface area contributed by atoms with Crippen LogP contribution in [0.3, 0.4) is 0 Å². The molecule has 2 aromatic carbocycles. The SMILES string of the molecule is CC(C)(C)CC(C)(C)c1ccc(OCC(=O)NNC(=CCC(=O)[O-])c2ccccc2)cc1. The summed E-state index contributed by atoms with van der Waals surface area (Å²) in [7, 11) is 0. The highest BCUT2D eigenvalue weighted by Gasteiger charge is 2.27. The van der Waals surface area contributed by atoms with Crippen molar-refractivity contribution in [3.05, 3.63) is 71.8 Å². The van der Waals surface area contributed by atoms with Crippen LogP contribution in [-0.4, -0.2) is 18.5 Å². The van der Waals surface area contributed by atoms with Crippen LogP contribution in [0.15, 0.2) is 60.7 Å². The van der Waals surface area contributed by atoms with E-state index in [1.165, 1.54) is 11.6 Å². The molecule has 0 atom stereocenters. The monoisotopic (exact) mass is 437 g/mol. The van der Waals surface area contributed by atoms with Gasteiger partial charge in [0.2, 0.25) is 0 Å². The van der Waals surface area contributed by atoms with Crippen molar-refractivity contribution in [2.24, 2.45) is 5.41 Å². The Morgan fingerprint density at radius 3 is 2.12 bits per heavy atom. The zero-order valence-corrected chi connectivity index (χ0v) is 19.5. The fraction of sp³-hybridized carbons (Fsp3) is 0.385. The number of carboxylic acid groups (broad SMARTS) is 1. The third kappa shape index (κ3) is 8.46. The van der Waals surface area contributed by atoms with E-state index in [4.69, 9.17) is 4.74 Å². The van der Waals surface area contributed by atoms with Gasteiger partial charge in [-0.3, -0.25) is 15.6 Å². The molecular formula is C26H33N2O4-. The lowest BCUT2D eigenvalue weighted by molar-refractivity contribution is -0.304. The highest BCUT2D eigenvalue weighted by atomic mass is 16.5. The lowest BCUT2D eigenvalue weighted by atomic mass is 9.72. The Morgan fingerprint density at radius 2 is 1.56 bits per heavy atom. The number of hydrogen-bond donors (Lipinski definition) is 2. The van der Waals surface area contributed by atoms with E-state index in [-0.39, 0.29) is 23.9 Å². The van der Waals surface area contributed by atoms with Crippen LogP contribution in [0.1, 0.15) is 58.6 Å². The molecule has 0 heterocycles. The van der Waals surface area contributed by atoms with Crippen molar-refractivity contribution in [3.8, 4) is 5.75 Å². The maximum atomic E-state index is 12.2. The zero-order chi connectivity index (χ0) is 23.8. The molecule has 2 rings (SSSR count). The number of rotatable bonds is 10. The van der Waals surface area contributed by atoms with Crippen molar-refractivity contribution in [3.63, 3.8) is 0 Å². The van der Waals surface area contributed by atoms with E-state index in [0.717, 1.165) is 12.0 Å². The first-order chi connectivity index (χ1) is 15.0. The van der Waals surface area contributed by atoms with Crippen molar-refractivity contribution in [1.82, 2.24) is 10.9 Å². The number of aliphatic carboxylic acids is 1. The molecular weight excluding hydrogens is 404 g/mol. The van der Waals surface area contributed by atoms with Gasteiger partial charge in [-0.1, -0.05) is 83.2 Å². The molecule has 6 nitrogen and oxygen atoms in total. The van der Waals surface area contributed by atoms with Gasteiger partial charge in [0.25, 0.3) is 5.91 Å². The smallest absolute Gasteiger partial charge is 0.276 e. The van der Waals surface area contributed by atoms with Crippen LogP contribution in [-0.2, 0) is 15.0 Å². The van der Waals surface area contributed by atoms with Gasteiger partial charge in [0.1, 0.15) is 5.75 Å². The summed E-state index contributed by atoms with van der Waals surface area (Å²) >= 11 is 0. The molecule has 0 fully saturated rings. The van der Waals surface area contributed by atoms with Crippen LogP contribution in [0.5, 0.6) is 5.75 Å². The van der Waals surface area contributed by atoms with Gasteiger partial charge in [0.05, 0.1) is 5.70 Å². The van der Waals surface area contributed by atoms with Crippen LogP contribution in [0, 0.1) is 5.41 Å². The molecule has 0 bridgehead atoms. The Bertz CT molecular complexity index is 927. The maximum Gasteiger partial charge on any atom is 0.276 e. The minimum atomic E-state index is -1.20. The van der Waals surface area contributed by atoms with E-state index in [1.54, 1.807) is 12.1 Å². The number of carboxylic acids is 1. The molecule has 6 heteroatoms. The standard InChI is InChI=1S/C26H34N2O4/c1-25(2,3)18-26(4,5)20-11-13-21(14-12-20)32-17-23(29)28-27-22(15-16-24(30)31)19-9-7-6-8-10-19/h6-15,27H,16-18H2,1-5H3,(H,28,29)(H,30,31)/p-1. The third-order valence-electron chi connectivity index (χ3n) is 4.87. The van der Waals surface area contributed by atoms with Crippen molar-refractivity contribution < 1.29 is 19.4 Å². The summed E-state index contributed by atoms with van der Waals surface area (Å²) in [5.41, 5.74) is 7.99. The second-order valence-corrected chi connectivity index (χ2v) is 9.67. The van der Waals surface area contributed by atoms with Crippen molar-refractivity contribution in [1.29, 1.82) is 0 Å². The lowest BCUT2D eigenvalue weighted by Crippen LogP contribution is -2.39. The first-order valence-corrected chi connectivity index (χ1v) is 10.7. The number of benzene rings is 2. The molecule has 0 radical (unpaired) electrons. The predicted molar refractivity (Wildman–Crippen MR) is 124 cm³/mol. The topological polar surface area (TPSA) is 90.5 Å². The van der Waals surface area contributed by atoms with E-state index in [9.17, 15) is 14.7 Å². The third-order valence-corrected chi connectivity index (χ3v) is 4.87. The molecule has 0 aliphatic heterocycles. The Morgan fingerprint density at radius 1 is 0.938 bits per heavy atom. The van der Waals surface area contributed by atoms with Crippen molar-refractivity contribution in [2.75, 3.05) is 6.61 Å². The Balaban J connectivity index is 1.92. The molecule has 2 aromatic rings. The Labute approximate surface area is 190 Å². The van der Waals surface area contributed by atoms with Crippen LogP contribution in [0.25, 0.3) is 5.70 Å². The Hall–Kier alpha value is -3.28. The summed E-state index contributed by atoms with van der Waals surface area (Å²) in [5.74, 6) is -0.993. The van der Waals surface area contributed by atoms with E-state index >= 15 is 0 Å². The van der Waals surface area contributed by atoms with E-state index in [1.807, 2.05) is 42.5 Å². The first kappa shape index (κ1) is 25.0. The summed E-state index contributed by atoms with van der Waals surface area (Å²) in [6.45, 7) is 11.0. The van der Waals surface area contributed by atoms with E-state index < -0.39 is 11.9 Å². The summed E-state index contributed by atoms with van der Waals surface area (Å²) in [6.07, 6.45) is 2.22. The molecule has 2 N–H and O–H groups in total. The highest BCUT2D eigenvalue weighted by molar-refractivity contribution is 5.79. The fourth-order valence-electron chi connectivity index (χ4n) is 3.80. The molecule has 0 unspecified atom stereocenters. The highest BCUT2D eigenvalue weighted by Crippen LogP contribution is 2.36.